The second kappa shape index (κ2) is 6.70. The zero-order valence-corrected chi connectivity index (χ0v) is 16.1. The van der Waals surface area contributed by atoms with Crippen molar-refractivity contribution in [2.45, 2.75) is 0 Å². The molecule has 0 fully saturated rings. The van der Waals surface area contributed by atoms with Crippen LogP contribution in [0.4, 0.5) is 0 Å². The standard InChI is InChI=1S/C24H17N3O3/c1-26-22-14-20(15-6-3-2-4-7-15)25-27(22)21-13-17(10-11-19(21)23(26)28)16-8-5-9-18(12-16)24(29)30/h2-14H,1H3,(H,29,30). The molecule has 5 rings (SSSR count). The third-order valence-corrected chi connectivity index (χ3v) is 5.31. The Kier molecular flexibility index (Phi) is 3.99. The van der Waals surface area contributed by atoms with Gasteiger partial charge in [-0.2, -0.15) is 5.10 Å². The molecule has 0 saturated heterocycles. The Bertz CT molecular complexity index is 1500. The molecule has 0 unspecified atom stereocenters. The highest BCUT2D eigenvalue weighted by atomic mass is 16.4. The van der Waals surface area contributed by atoms with E-state index < -0.39 is 5.97 Å². The number of nitrogens with zero attached hydrogens (tertiary/aromatic N) is 3. The van der Waals surface area contributed by atoms with Gasteiger partial charge < -0.3 is 5.11 Å². The molecule has 2 aromatic heterocycles. The first kappa shape index (κ1) is 17.9. The minimum Gasteiger partial charge on any atom is -0.478 e. The SMILES string of the molecule is Cn1c(=O)c2ccc(-c3cccc(C(=O)O)c3)cc2n2nc(-c3ccccc3)cc12. The van der Waals surface area contributed by atoms with E-state index in [0.717, 1.165) is 22.4 Å². The summed E-state index contributed by atoms with van der Waals surface area (Å²) < 4.78 is 3.36. The van der Waals surface area contributed by atoms with E-state index in [1.807, 2.05) is 54.6 Å². The van der Waals surface area contributed by atoms with Crippen LogP contribution in [0.25, 0.3) is 38.9 Å². The van der Waals surface area contributed by atoms with Gasteiger partial charge in [-0.15, -0.1) is 0 Å². The summed E-state index contributed by atoms with van der Waals surface area (Å²) in [5, 5.41) is 14.6. The fourth-order valence-corrected chi connectivity index (χ4v) is 3.72. The van der Waals surface area contributed by atoms with E-state index in [0.29, 0.717) is 16.6 Å². The van der Waals surface area contributed by atoms with Gasteiger partial charge in [-0.05, 0) is 35.4 Å². The van der Waals surface area contributed by atoms with Crippen molar-refractivity contribution in [3.05, 3.63) is 94.8 Å². The molecule has 0 aliphatic rings. The molecule has 1 N–H and O–H groups in total. The van der Waals surface area contributed by atoms with Gasteiger partial charge in [0.15, 0.2) is 0 Å². The quantitative estimate of drug-likeness (QED) is 0.496. The molecule has 3 aromatic carbocycles. The summed E-state index contributed by atoms with van der Waals surface area (Å²) in [6.45, 7) is 0. The lowest BCUT2D eigenvalue weighted by Crippen LogP contribution is -2.19. The number of carboxylic acid groups (broad SMARTS) is 1. The summed E-state index contributed by atoms with van der Waals surface area (Å²) in [6.07, 6.45) is 0. The molecule has 0 aliphatic heterocycles. The maximum Gasteiger partial charge on any atom is 0.335 e. The molecule has 30 heavy (non-hydrogen) atoms. The number of carboxylic acids is 1. The molecule has 0 aliphatic carbocycles. The Labute approximate surface area is 171 Å². The van der Waals surface area contributed by atoms with Crippen LogP contribution in [0.2, 0.25) is 0 Å². The Morgan fingerprint density at radius 2 is 1.60 bits per heavy atom. The van der Waals surface area contributed by atoms with Crippen molar-refractivity contribution < 1.29 is 9.90 Å². The molecule has 0 saturated carbocycles. The molecule has 0 atom stereocenters. The average Bonchev–Trinajstić information content (AvgIpc) is 3.24. The number of hydrogen-bond acceptors (Lipinski definition) is 3. The zero-order chi connectivity index (χ0) is 20.8. The highest BCUT2D eigenvalue weighted by Crippen LogP contribution is 2.26. The van der Waals surface area contributed by atoms with Crippen LogP contribution in [-0.2, 0) is 7.05 Å². The predicted molar refractivity (Wildman–Crippen MR) is 116 cm³/mol. The number of aromatic nitrogens is 3. The summed E-state index contributed by atoms with van der Waals surface area (Å²) in [7, 11) is 1.73. The first-order chi connectivity index (χ1) is 14.5. The third kappa shape index (κ3) is 2.78. The summed E-state index contributed by atoms with van der Waals surface area (Å²) in [5.74, 6) is -0.978. The number of rotatable bonds is 3. The van der Waals surface area contributed by atoms with Gasteiger partial charge in [-0.1, -0.05) is 48.5 Å². The fraction of sp³-hybridized carbons (Fsp3) is 0.0417. The Balaban J connectivity index is 1.78. The molecule has 6 nitrogen and oxygen atoms in total. The van der Waals surface area contributed by atoms with Gasteiger partial charge in [0.25, 0.3) is 5.56 Å². The lowest BCUT2D eigenvalue weighted by atomic mass is 10.0. The molecule has 6 heteroatoms. The number of aryl methyl sites for hydroxylation is 1. The minimum absolute atomic E-state index is 0.108. The van der Waals surface area contributed by atoms with Gasteiger partial charge >= 0.3 is 5.97 Å². The van der Waals surface area contributed by atoms with E-state index in [1.54, 1.807) is 40.4 Å². The van der Waals surface area contributed by atoms with Gasteiger partial charge in [0.05, 0.1) is 22.2 Å². The van der Waals surface area contributed by atoms with Crippen LogP contribution in [0.5, 0.6) is 0 Å². The van der Waals surface area contributed by atoms with Crippen LogP contribution >= 0.6 is 0 Å². The molecule has 0 radical (unpaired) electrons. The second-order valence-electron chi connectivity index (χ2n) is 7.15. The van der Waals surface area contributed by atoms with Crippen LogP contribution in [0.1, 0.15) is 10.4 Å². The van der Waals surface area contributed by atoms with Gasteiger partial charge in [0, 0.05) is 18.7 Å². The molecular formula is C24H17N3O3. The smallest absolute Gasteiger partial charge is 0.335 e. The minimum atomic E-state index is -0.978. The Hall–Kier alpha value is -4.19. The lowest BCUT2D eigenvalue weighted by Gasteiger charge is -2.09. The van der Waals surface area contributed by atoms with Gasteiger partial charge in [0.2, 0.25) is 0 Å². The van der Waals surface area contributed by atoms with E-state index in [-0.39, 0.29) is 11.1 Å². The van der Waals surface area contributed by atoms with E-state index in [1.165, 1.54) is 0 Å². The summed E-state index contributed by atoms with van der Waals surface area (Å²) in [5.41, 5.74) is 4.78. The van der Waals surface area contributed by atoms with E-state index in [9.17, 15) is 14.7 Å². The number of hydrogen-bond donors (Lipinski definition) is 1. The van der Waals surface area contributed by atoms with Crippen molar-refractivity contribution in [2.24, 2.45) is 7.05 Å². The molecule has 0 spiro atoms. The lowest BCUT2D eigenvalue weighted by molar-refractivity contribution is 0.0697. The first-order valence-electron chi connectivity index (χ1n) is 9.44. The van der Waals surface area contributed by atoms with Crippen molar-refractivity contribution in [1.82, 2.24) is 14.2 Å². The monoisotopic (exact) mass is 395 g/mol. The van der Waals surface area contributed by atoms with Crippen molar-refractivity contribution in [1.29, 1.82) is 0 Å². The third-order valence-electron chi connectivity index (χ3n) is 5.31. The number of benzene rings is 3. The zero-order valence-electron chi connectivity index (χ0n) is 16.1. The highest BCUT2D eigenvalue weighted by Gasteiger charge is 2.14. The average molecular weight is 395 g/mol. The fourth-order valence-electron chi connectivity index (χ4n) is 3.72. The van der Waals surface area contributed by atoms with Crippen LogP contribution in [-0.4, -0.2) is 25.3 Å². The highest BCUT2D eigenvalue weighted by molar-refractivity contribution is 5.91. The topological polar surface area (TPSA) is 76.6 Å². The van der Waals surface area contributed by atoms with Crippen molar-refractivity contribution in [3.8, 4) is 22.4 Å². The van der Waals surface area contributed by atoms with Gasteiger partial charge in [-0.25, -0.2) is 9.31 Å². The summed E-state index contributed by atoms with van der Waals surface area (Å²) in [4.78, 5) is 24.3. The van der Waals surface area contributed by atoms with Crippen molar-refractivity contribution in [2.75, 3.05) is 0 Å². The van der Waals surface area contributed by atoms with E-state index >= 15 is 0 Å². The molecule has 5 aromatic rings. The largest absolute Gasteiger partial charge is 0.478 e. The first-order valence-corrected chi connectivity index (χ1v) is 9.44. The molecule has 2 heterocycles. The predicted octanol–water partition coefficient (Wildman–Crippen LogP) is 4.22. The van der Waals surface area contributed by atoms with Crippen LogP contribution < -0.4 is 5.56 Å². The Morgan fingerprint density at radius 1 is 0.867 bits per heavy atom. The number of aromatic carboxylic acids is 1. The van der Waals surface area contributed by atoms with Crippen LogP contribution in [0.15, 0.2) is 83.7 Å². The molecular weight excluding hydrogens is 378 g/mol. The summed E-state index contributed by atoms with van der Waals surface area (Å²) in [6, 6.07) is 23.9. The maximum atomic E-state index is 12.9. The second-order valence-corrected chi connectivity index (χ2v) is 7.15. The molecule has 0 bridgehead atoms. The Morgan fingerprint density at radius 3 is 2.37 bits per heavy atom. The van der Waals surface area contributed by atoms with Crippen LogP contribution in [0.3, 0.4) is 0 Å². The van der Waals surface area contributed by atoms with Crippen molar-refractivity contribution >= 4 is 22.5 Å². The van der Waals surface area contributed by atoms with Crippen molar-refractivity contribution in [3.63, 3.8) is 0 Å². The molecule has 0 amide bonds. The van der Waals surface area contributed by atoms with E-state index in [2.05, 4.69) is 0 Å². The number of carbonyl (C=O) groups is 1. The normalized spacial score (nSPS) is 11.2. The maximum absolute atomic E-state index is 12.9. The van der Waals surface area contributed by atoms with E-state index in [4.69, 9.17) is 5.10 Å². The van der Waals surface area contributed by atoms with Gasteiger partial charge in [0.1, 0.15) is 5.65 Å². The molecule has 146 valence electrons. The number of fused-ring (bicyclic) bond motifs is 3. The van der Waals surface area contributed by atoms with Gasteiger partial charge in [-0.3, -0.25) is 9.36 Å². The summed E-state index contributed by atoms with van der Waals surface area (Å²) >= 11 is 0. The van der Waals surface area contributed by atoms with Crippen LogP contribution in [0, 0.1) is 0 Å².